The smallest absolute Gasteiger partial charge is 0.240 e. The zero-order valence-corrected chi connectivity index (χ0v) is 15.3. The van der Waals surface area contributed by atoms with Crippen LogP contribution in [0.4, 0.5) is 5.82 Å². The first-order chi connectivity index (χ1) is 13.2. The lowest BCUT2D eigenvalue weighted by Crippen LogP contribution is -2.40. The molecular formula is C20H23N5O2. The Morgan fingerprint density at radius 1 is 1.33 bits per heavy atom. The van der Waals surface area contributed by atoms with Crippen LogP contribution in [-0.4, -0.2) is 40.1 Å². The van der Waals surface area contributed by atoms with E-state index < -0.39 is 0 Å². The van der Waals surface area contributed by atoms with Gasteiger partial charge < -0.3 is 20.4 Å². The van der Waals surface area contributed by atoms with Crippen molar-refractivity contribution in [2.75, 3.05) is 18.1 Å². The van der Waals surface area contributed by atoms with Crippen LogP contribution in [0.5, 0.6) is 0 Å². The number of nitrogens with zero attached hydrogens (tertiary/aromatic N) is 3. The zero-order chi connectivity index (χ0) is 18.8. The van der Waals surface area contributed by atoms with E-state index in [4.69, 9.17) is 20.4 Å². The normalized spacial score (nSPS) is 16.9. The molecule has 1 amide bonds. The number of H-pyrrole nitrogens is 1. The fraction of sp³-hybridized carbons (Fsp3) is 0.350. The summed E-state index contributed by atoms with van der Waals surface area (Å²) in [6.07, 6.45) is 1.66. The molecule has 27 heavy (non-hydrogen) atoms. The van der Waals surface area contributed by atoms with E-state index in [-0.39, 0.29) is 11.9 Å². The second kappa shape index (κ2) is 7.36. The number of ether oxygens (including phenoxy) is 1. The molecule has 4 rings (SSSR count). The Bertz CT molecular complexity index is 954. The Labute approximate surface area is 157 Å². The molecule has 1 unspecified atom stereocenters. The van der Waals surface area contributed by atoms with E-state index in [2.05, 4.69) is 4.98 Å². The Hall–Kier alpha value is -2.93. The van der Waals surface area contributed by atoms with Gasteiger partial charge in [0, 0.05) is 24.4 Å². The molecule has 1 aromatic carbocycles. The van der Waals surface area contributed by atoms with Crippen LogP contribution in [-0.2, 0) is 16.1 Å². The van der Waals surface area contributed by atoms with E-state index in [0.29, 0.717) is 19.0 Å². The van der Waals surface area contributed by atoms with Crippen LogP contribution in [0.15, 0.2) is 36.4 Å². The van der Waals surface area contributed by atoms with Gasteiger partial charge in [-0.15, -0.1) is 0 Å². The number of nitrogens with one attached hydrogen (secondary N) is 1. The predicted octanol–water partition coefficient (Wildman–Crippen LogP) is 2.62. The Morgan fingerprint density at radius 2 is 2.15 bits per heavy atom. The van der Waals surface area contributed by atoms with E-state index in [1.54, 1.807) is 0 Å². The van der Waals surface area contributed by atoms with Crippen molar-refractivity contribution in [3.63, 3.8) is 0 Å². The van der Waals surface area contributed by atoms with Crippen LogP contribution in [0.1, 0.15) is 25.5 Å². The summed E-state index contributed by atoms with van der Waals surface area (Å²) >= 11 is 0. The second-order valence-corrected chi connectivity index (χ2v) is 6.68. The van der Waals surface area contributed by atoms with Crippen molar-refractivity contribution in [1.82, 2.24) is 15.0 Å². The highest BCUT2D eigenvalue weighted by atomic mass is 16.5. The minimum Gasteiger partial charge on any atom is -0.376 e. The molecule has 0 aliphatic carbocycles. The van der Waals surface area contributed by atoms with Crippen molar-refractivity contribution in [3.05, 3.63) is 42.1 Å². The Kier molecular flexibility index (Phi) is 4.77. The summed E-state index contributed by atoms with van der Waals surface area (Å²) in [6, 6.07) is 11.5. The second-order valence-electron chi connectivity index (χ2n) is 6.68. The first-order valence-corrected chi connectivity index (χ1v) is 9.26. The number of hydrogen-bond acceptors (Lipinski definition) is 5. The first-order valence-electron chi connectivity index (χ1n) is 9.26. The maximum absolute atomic E-state index is 11.9. The van der Waals surface area contributed by atoms with Gasteiger partial charge in [-0.2, -0.15) is 0 Å². The third-order valence-corrected chi connectivity index (χ3v) is 4.87. The maximum Gasteiger partial charge on any atom is 0.240 e. The highest BCUT2D eigenvalue weighted by Gasteiger charge is 2.32. The molecule has 0 radical (unpaired) electrons. The molecule has 140 valence electrons. The number of primary amides is 1. The summed E-state index contributed by atoms with van der Waals surface area (Å²) in [7, 11) is 0. The van der Waals surface area contributed by atoms with Gasteiger partial charge in [0.25, 0.3) is 0 Å². The van der Waals surface area contributed by atoms with Gasteiger partial charge in [-0.05, 0) is 25.8 Å². The van der Waals surface area contributed by atoms with Gasteiger partial charge in [0.2, 0.25) is 5.91 Å². The third-order valence-electron chi connectivity index (χ3n) is 4.87. The lowest BCUT2D eigenvalue weighted by molar-refractivity contribution is -0.119. The summed E-state index contributed by atoms with van der Waals surface area (Å²) in [4.78, 5) is 26.8. The summed E-state index contributed by atoms with van der Waals surface area (Å²) in [6.45, 7) is 3.83. The molecule has 1 atom stereocenters. The molecule has 0 bridgehead atoms. The number of amides is 1. The number of carbonyl (C=O) groups excluding carboxylic acids is 1. The Balaban J connectivity index is 1.86. The summed E-state index contributed by atoms with van der Waals surface area (Å²) < 4.78 is 5.52. The third kappa shape index (κ3) is 3.38. The van der Waals surface area contributed by atoms with Gasteiger partial charge >= 0.3 is 0 Å². The molecule has 0 saturated carbocycles. The summed E-state index contributed by atoms with van der Waals surface area (Å²) in [5, 5.41) is 0.887. The predicted molar refractivity (Wildman–Crippen MR) is 104 cm³/mol. The van der Waals surface area contributed by atoms with Crippen LogP contribution >= 0.6 is 0 Å². The molecular weight excluding hydrogens is 342 g/mol. The Morgan fingerprint density at radius 3 is 2.89 bits per heavy atom. The molecule has 3 N–H and O–H groups in total. The number of aromatic amines is 1. The highest BCUT2D eigenvalue weighted by molar-refractivity contribution is 5.93. The number of fused-ring (bicyclic) bond motifs is 1. The molecule has 1 fully saturated rings. The fourth-order valence-electron chi connectivity index (χ4n) is 3.59. The SMILES string of the molecule is CCOCc1cc2c(N3CCCC3C(N)=O)nc(-c3ccccc3)nc2[nH]1. The molecule has 3 aromatic rings. The van der Waals surface area contributed by atoms with Crippen molar-refractivity contribution in [2.24, 2.45) is 5.73 Å². The lowest BCUT2D eigenvalue weighted by Gasteiger charge is -2.24. The number of nitrogens with two attached hydrogens (primary N) is 1. The largest absolute Gasteiger partial charge is 0.376 e. The topological polar surface area (TPSA) is 97.1 Å². The monoisotopic (exact) mass is 365 g/mol. The van der Waals surface area contributed by atoms with E-state index in [1.807, 2.05) is 48.2 Å². The van der Waals surface area contributed by atoms with E-state index >= 15 is 0 Å². The molecule has 0 spiro atoms. The van der Waals surface area contributed by atoms with Crippen molar-refractivity contribution < 1.29 is 9.53 Å². The fourth-order valence-corrected chi connectivity index (χ4v) is 3.59. The number of rotatable bonds is 6. The standard InChI is InChI=1S/C20H23N5O2/c1-2-27-12-14-11-15-19(22-14)23-18(13-7-4-3-5-8-13)24-20(15)25-10-6-9-16(25)17(21)26/h3-5,7-8,11,16H,2,6,9-10,12H2,1H3,(H2,21,26)(H,22,23,24). The van der Waals surface area contributed by atoms with Gasteiger partial charge in [-0.3, -0.25) is 4.79 Å². The number of aromatic nitrogens is 3. The van der Waals surface area contributed by atoms with E-state index in [9.17, 15) is 4.79 Å². The molecule has 1 aliphatic heterocycles. The minimum atomic E-state index is -0.336. The van der Waals surface area contributed by atoms with E-state index in [0.717, 1.165) is 47.5 Å². The van der Waals surface area contributed by atoms with Crippen LogP contribution < -0.4 is 10.6 Å². The molecule has 3 heterocycles. The average Bonchev–Trinajstić information content (AvgIpc) is 3.33. The molecule has 2 aromatic heterocycles. The number of benzene rings is 1. The summed E-state index contributed by atoms with van der Waals surface area (Å²) in [5.41, 5.74) is 8.24. The molecule has 7 nitrogen and oxygen atoms in total. The van der Waals surface area contributed by atoms with Gasteiger partial charge in [-0.1, -0.05) is 30.3 Å². The van der Waals surface area contributed by atoms with Crippen molar-refractivity contribution in [2.45, 2.75) is 32.4 Å². The van der Waals surface area contributed by atoms with Gasteiger partial charge in [-0.25, -0.2) is 9.97 Å². The van der Waals surface area contributed by atoms with Crippen molar-refractivity contribution in [3.8, 4) is 11.4 Å². The summed E-state index contributed by atoms with van der Waals surface area (Å²) in [5.74, 6) is 1.06. The number of anilines is 1. The van der Waals surface area contributed by atoms with Crippen LogP contribution in [0.25, 0.3) is 22.4 Å². The van der Waals surface area contributed by atoms with E-state index in [1.165, 1.54) is 0 Å². The van der Waals surface area contributed by atoms with Crippen LogP contribution in [0, 0.1) is 0 Å². The van der Waals surface area contributed by atoms with Gasteiger partial charge in [0.15, 0.2) is 5.82 Å². The van der Waals surface area contributed by atoms with Gasteiger partial charge in [0.05, 0.1) is 12.0 Å². The first kappa shape index (κ1) is 17.5. The van der Waals surface area contributed by atoms with Crippen LogP contribution in [0.2, 0.25) is 0 Å². The van der Waals surface area contributed by atoms with Crippen molar-refractivity contribution >= 4 is 22.8 Å². The van der Waals surface area contributed by atoms with Crippen molar-refractivity contribution in [1.29, 1.82) is 0 Å². The van der Waals surface area contributed by atoms with Crippen LogP contribution in [0.3, 0.4) is 0 Å². The molecule has 7 heteroatoms. The van der Waals surface area contributed by atoms with Gasteiger partial charge in [0.1, 0.15) is 17.5 Å². The average molecular weight is 365 g/mol. The highest BCUT2D eigenvalue weighted by Crippen LogP contribution is 2.32. The minimum absolute atomic E-state index is 0.314. The number of carbonyl (C=O) groups is 1. The molecule has 1 saturated heterocycles. The lowest BCUT2D eigenvalue weighted by atomic mass is 10.2. The zero-order valence-electron chi connectivity index (χ0n) is 15.3. The quantitative estimate of drug-likeness (QED) is 0.700. The molecule has 1 aliphatic rings. The number of hydrogen-bond donors (Lipinski definition) is 2. The maximum atomic E-state index is 11.9.